The molecule has 1 aromatic heterocycles. The number of carbonyl (C=O) groups excluding carboxylic acids is 1. The number of ether oxygens (including phenoxy) is 2. The molecular weight excluding hydrogens is 382 g/mol. The fourth-order valence-electron chi connectivity index (χ4n) is 2.69. The summed E-state index contributed by atoms with van der Waals surface area (Å²) in [4.78, 5) is 18.3. The first-order chi connectivity index (χ1) is 13.9. The SMILES string of the molecule is COc1cccc(C(C)N(C)C(=O)c2coc(COc3cccc(F)c3F)n2)c1. The number of oxazole rings is 1. The third-order valence-electron chi connectivity index (χ3n) is 4.52. The zero-order valence-corrected chi connectivity index (χ0v) is 16.2. The van der Waals surface area contributed by atoms with Gasteiger partial charge in [0.2, 0.25) is 11.7 Å². The normalized spacial score (nSPS) is 11.8. The fraction of sp³-hybridized carbons (Fsp3) is 0.238. The number of rotatable bonds is 7. The molecule has 1 heterocycles. The van der Waals surface area contributed by atoms with Gasteiger partial charge in [-0.05, 0) is 36.8 Å². The Kier molecular flexibility index (Phi) is 6.11. The van der Waals surface area contributed by atoms with Crippen LogP contribution >= 0.6 is 0 Å². The molecule has 8 heteroatoms. The molecule has 0 saturated heterocycles. The third kappa shape index (κ3) is 4.53. The first-order valence-corrected chi connectivity index (χ1v) is 8.83. The van der Waals surface area contributed by atoms with Gasteiger partial charge in [-0.2, -0.15) is 4.39 Å². The van der Waals surface area contributed by atoms with Crippen molar-refractivity contribution in [2.24, 2.45) is 0 Å². The van der Waals surface area contributed by atoms with Gasteiger partial charge in [0, 0.05) is 7.05 Å². The molecule has 1 atom stereocenters. The number of amides is 1. The molecule has 0 aliphatic rings. The van der Waals surface area contributed by atoms with Crippen molar-refractivity contribution in [2.75, 3.05) is 14.2 Å². The Labute approximate surface area is 166 Å². The molecule has 152 valence electrons. The highest BCUT2D eigenvalue weighted by Crippen LogP contribution is 2.24. The summed E-state index contributed by atoms with van der Waals surface area (Å²) >= 11 is 0. The van der Waals surface area contributed by atoms with Crippen molar-refractivity contribution in [3.05, 3.63) is 77.5 Å². The van der Waals surface area contributed by atoms with Crippen LogP contribution in [0.15, 0.2) is 53.1 Å². The molecule has 0 spiro atoms. The Balaban J connectivity index is 1.67. The summed E-state index contributed by atoms with van der Waals surface area (Å²) in [6.45, 7) is 1.63. The number of methoxy groups -OCH3 is 1. The lowest BCUT2D eigenvalue weighted by Crippen LogP contribution is -2.30. The summed E-state index contributed by atoms with van der Waals surface area (Å²) in [5.74, 6) is -1.96. The van der Waals surface area contributed by atoms with Crippen molar-refractivity contribution >= 4 is 5.91 Å². The highest BCUT2D eigenvalue weighted by molar-refractivity contribution is 5.92. The lowest BCUT2D eigenvalue weighted by molar-refractivity contribution is 0.0736. The van der Waals surface area contributed by atoms with E-state index in [0.717, 1.165) is 11.6 Å². The number of carbonyl (C=O) groups is 1. The smallest absolute Gasteiger partial charge is 0.276 e. The van der Waals surface area contributed by atoms with E-state index in [0.29, 0.717) is 5.75 Å². The minimum Gasteiger partial charge on any atom is -0.497 e. The second-order valence-corrected chi connectivity index (χ2v) is 6.34. The monoisotopic (exact) mass is 402 g/mol. The predicted molar refractivity (Wildman–Crippen MR) is 101 cm³/mol. The van der Waals surface area contributed by atoms with Crippen molar-refractivity contribution in [1.29, 1.82) is 0 Å². The van der Waals surface area contributed by atoms with Crippen molar-refractivity contribution < 1.29 is 27.5 Å². The standard InChI is InChI=1S/C21H20F2N2O4/c1-13(14-6-4-7-15(10-14)27-3)25(2)21(26)17-11-29-19(24-17)12-28-18-9-5-8-16(22)20(18)23/h4-11,13H,12H2,1-3H3. The average Bonchev–Trinajstić information content (AvgIpc) is 3.22. The molecule has 3 rings (SSSR count). The lowest BCUT2D eigenvalue weighted by atomic mass is 10.1. The Bertz CT molecular complexity index is 1010. The van der Waals surface area contributed by atoms with E-state index in [1.807, 2.05) is 31.2 Å². The average molecular weight is 402 g/mol. The molecule has 1 unspecified atom stereocenters. The van der Waals surface area contributed by atoms with E-state index in [2.05, 4.69) is 4.98 Å². The van der Waals surface area contributed by atoms with Crippen LogP contribution in [-0.4, -0.2) is 29.9 Å². The van der Waals surface area contributed by atoms with Gasteiger partial charge >= 0.3 is 0 Å². The molecule has 0 fully saturated rings. The number of hydrogen-bond donors (Lipinski definition) is 0. The number of hydrogen-bond acceptors (Lipinski definition) is 5. The number of halogens is 2. The van der Waals surface area contributed by atoms with Gasteiger partial charge in [0.25, 0.3) is 5.91 Å². The van der Waals surface area contributed by atoms with Gasteiger partial charge in [0.1, 0.15) is 12.0 Å². The second-order valence-electron chi connectivity index (χ2n) is 6.34. The van der Waals surface area contributed by atoms with Crippen LogP contribution < -0.4 is 9.47 Å². The van der Waals surface area contributed by atoms with Crippen LogP contribution in [0.25, 0.3) is 0 Å². The molecule has 0 aliphatic heterocycles. The van der Waals surface area contributed by atoms with E-state index < -0.39 is 11.6 Å². The maximum atomic E-state index is 13.6. The lowest BCUT2D eigenvalue weighted by Gasteiger charge is -2.24. The van der Waals surface area contributed by atoms with Crippen LogP contribution in [0, 0.1) is 11.6 Å². The Hall–Kier alpha value is -3.42. The van der Waals surface area contributed by atoms with Gasteiger partial charge in [0.05, 0.1) is 13.2 Å². The molecule has 0 saturated carbocycles. The van der Waals surface area contributed by atoms with Crippen LogP contribution in [0.5, 0.6) is 11.5 Å². The Morgan fingerprint density at radius 2 is 2.00 bits per heavy atom. The zero-order chi connectivity index (χ0) is 21.0. The predicted octanol–water partition coefficient (Wildman–Crippen LogP) is 4.37. The van der Waals surface area contributed by atoms with Crippen LogP contribution in [0.2, 0.25) is 0 Å². The van der Waals surface area contributed by atoms with Crippen LogP contribution in [0.1, 0.15) is 34.9 Å². The van der Waals surface area contributed by atoms with Crippen LogP contribution in [-0.2, 0) is 6.61 Å². The minimum atomic E-state index is -1.10. The fourth-order valence-corrected chi connectivity index (χ4v) is 2.69. The topological polar surface area (TPSA) is 64.8 Å². The summed E-state index contributed by atoms with van der Waals surface area (Å²) in [5.41, 5.74) is 0.981. The maximum Gasteiger partial charge on any atom is 0.276 e. The van der Waals surface area contributed by atoms with Crippen molar-refractivity contribution in [3.8, 4) is 11.5 Å². The third-order valence-corrected chi connectivity index (χ3v) is 4.52. The second kappa shape index (κ2) is 8.72. The molecule has 0 radical (unpaired) electrons. The maximum absolute atomic E-state index is 13.6. The summed E-state index contributed by atoms with van der Waals surface area (Å²) in [6, 6.07) is 10.8. The first-order valence-electron chi connectivity index (χ1n) is 8.83. The van der Waals surface area contributed by atoms with Crippen LogP contribution in [0.3, 0.4) is 0 Å². The number of benzene rings is 2. The van der Waals surface area contributed by atoms with Crippen molar-refractivity contribution in [2.45, 2.75) is 19.6 Å². The van der Waals surface area contributed by atoms with Gasteiger partial charge in [-0.25, -0.2) is 9.37 Å². The van der Waals surface area contributed by atoms with Crippen molar-refractivity contribution in [1.82, 2.24) is 9.88 Å². The highest BCUT2D eigenvalue weighted by atomic mass is 19.2. The summed E-state index contributed by atoms with van der Waals surface area (Å²) in [6.07, 6.45) is 1.21. The molecular formula is C21H20F2N2O4. The minimum absolute atomic E-state index is 0.0689. The summed E-state index contributed by atoms with van der Waals surface area (Å²) in [7, 11) is 3.23. The van der Waals surface area contributed by atoms with E-state index in [-0.39, 0.29) is 35.9 Å². The van der Waals surface area contributed by atoms with Gasteiger partial charge in [-0.1, -0.05) is 18.2 Å². The molecule has 6 nitrogen and oxygen atoms in total. The molecule has 1 amide bonds. The molecule has 29 heavy (non-hydrogen) atoms. The molecule has 3 aromatic rings. The van der Waals surface area contributed by atoms with Gasteiger partial charge in [-0.3, -0.25) is 4.79 Å². The van der Waals surface area contributed by atoms with Gasteiger partial charge in [0.15, 0.2) is 23.9 Å². The Morgan fingerprint density at radius 1 is 1.24 bits per heavy atom. The molecule has 2 aromatic carbocycles. The number of aromatic nitrogens is 1. The summed E-state index contributed by atoms with van der Waals surface area (Å²) < 4.78 is 42.5. The van der Waals surface area contributed by atoms with Crippen molar-refractivity contribution in [3.63, 3.8) is 0 Å². The summed E-state index contributed by atoms with van der Waals surface area (Å²) in [5, 5.41) is 0. The molecule has 0 aliphatic carbocycles. The van der Waals surface area contributed by atoms with Gasteiger partial charge < -0.3 is 18.8 Å². The molecule has 0 bridgehead atoms. The first kappa shape index (κ1) is 20.3. The van der Waals surface area contributed by atoms with E-state index in [1.165, 1.54) is 23.3 Å². The van der Waals surface area contributed by atoms with E-state index in [4.69, 9.17) is 13.9 Å². The quantitative estimate of drug-likeness (QED) is 0.587. The molecule has 0 N–H and O–H groups in total. The van der Waals surface area contributed by atoms with Gasteiger partial charge in [-0.15, -0.1) is 0 Å². The van der Waals surface area contributed by atoms with E-state index in [9.17, 15) is 13.6 Å². The number of nitrogens with zero attached hydrogens (tertiary/aromatic N) is 2. The zero-order valence-electron chi connectivity index (χ0n) is 16.2. The Morgan fingerprint density at radius 3 is 2.76 bits per heavy atom. The van der Waals surface area contributed by atoms with E-state index in [1.54, 1.807) is 14.2 Å². The largest absolute Gasteiger partial charge is 0.497 e. The highest BCUT2D eigenvalue weighted by Gasteiger charge is 2.22. The van der Waals surface area contributed by atoms with Crippen LogP contribution in [0.4, 0.5) is 8.78 Å². The van der Waals surface area contributed by atoms with E-state index >= 15 is 0 Å².